The maximum absolute atomic E-state index is 12.0. The third-order valence-electron chi connectivity index (χ3n) is 3.25. The van der Waals surface area contributed by atoms with E-state index in [4.69, 9.17) is 13.9 Å². The second-order valence-corrected chi connectivity index (χ2v) is 5.28. The molecule has 1 heterocycles. The van der Waals surface area contributed by atoms with Crippen molar-refractivity contribution in [1.82, 2.24) is 16.2 Å². The number of hydrogen-bond acceptors (Lipinski definition) is 7. The van der Waals surface area contributed by atoms with Crippen LogP contribution in [0.15, 0.2) is 47.1 Å². The van der Waals surface area contributed by atoms with E-state index in [1.54, 1.807) is 24.3 Å². The standard InChI is InChI=1S/C18H19N3O7/c1-2-26-13-7-5-12(6-8-13)17(24)19-10-16(23)28-11-15(22)20-21-18(25)14-4-3-9-27-14/h3-9H,2,10-11H2,1H3,(H,19,24)(H,20,22)(H,21,25). The second-order valence-electron chi connectivity index (χ2n) is 5.28. The number of furan rings is 1. The number of hydrazine groups is 1. The molecule has 10 heteroatoms. The molecule has 0 radical (unpaired) electrons. The summed E-state index contributed by atoms with van der Waals surface area (Å²) in [5.74, 6) is -2.07. The first kappa shape index (κ1) is 20.5. The zero-order valence-electron chi connectivity index (χ0n) is 15.0. The lowest BCUT2D eigenvalue weighted by Gasteiger charge is -2.08. The van der Waals surface area contributed by atoms with Crippen LogP contribution >= 0.6 is 0 Å². The number of esters is 1. The summed E-state index contributed by atoms with van der Waals surface area (Å²) >= 11 is 0. The molecule has 0 unspecified atom stereocenters. The van der Waals surface area contributed by atoms with Crippen LogP contribution in [0.5, 0.6) is 5.75 Å². The molecule has 0 aliphatic carbocycles. The van der Waals surface area contributed by atoms with Crippen LogP contribution in [0.2, 0.25) is 0 Å². The van der Waals surface area contributed by atoms with E-state index in [2.05, 4.69) is 16.2 Å². The van der Waals surface area contributed by atoms with E-state index >= 15 is 0 Å². The van der Waals surface area contributed by atoms with E-state index in [-0.39, 0.29) is 5.76 Å². The molecule has 0 bridgehead atoms. The van der Waals surface area contributed by atoms with Crippen LogP contribution in [-0.2, 0) is 14.3 Å². The summed E-state index contributed by atoms with van der Waals surface area (Å²) in [4.78, 5) is 46.6. The zero-order valence-corrected chi connectivity index (χ0v) is 15.0. The molecule has 10 nitrogen and oxygen atoms in total. The number of hydrogen-bond donors (Lipinski definition) is 3. The predicted molar refractivity (Wildman–Crippen MR) is 95.2 cm³/mol. The molecule has 1 aromatic carbocycles. The van der Waals surface area contributed by atoms with Gasteiger partial charge < -0.3 is 19.2 Å². The van der Waals surface area contributed by atoms with Crippen LogP contribution in [0.4, 0.5) is 0 Å². The van der Waals surface area contributed by atoms with Crippen molar-refractivity contribution in [3.8, 4) is 5.75 Å². The van der Waals surface area contributed by atoms with Gasteiger partial charge in [-0.05, 0) is 43.3 Å². The van der Waals surface area contributed by atoms with Gasteiger partial charge in [-0.2, -0.15) is 0 Å². The minimum Gasteiger partial charge on any atom is -0.494 e. The van der Waals surface area contributed by atoms with Crippen LogP contribution < -0.4 is 20.9 Å². The number of nitrogens with one attached hydrogen (secondary N) is 3. The molecule has 148 valence electrons. The number of ether oxygens (including phenoxy) is 2. The first-order valence-corrected chi connectivity index (χ1v) is 8.29. The monoisotopic (exact) mass is 389 g/mol. The molecule has 0 saturated carbocycles. The highest BCUT2D eigenvalue weighted by atomic mass is 16.5. The van der Waals surface area contributed by atoms with E-state index < -0.39 is 36.8 Å². The number of carbonyl (C=O) groups is 4. The number of rotatable bonds is 8. The summed E-state index contributed by atoms with van der Waals surface area (Å²) in [6.45, 7) is 1.31. The van der Waals surface area contributed by atoms with Gasteiger partial charge in [0, 0.05) is 5.56 Å². The van der Waals surface area contributed by atoms with Gasteiger partial charge in [-0.25, -0.2) is 0 Å². The molecule has 0 aliphatic heterocycles. The summed E-state index contributed by atoms with van der Waals surface area (Å²) in [5.41, 5.74) is 4.49. The smallest absolute Gasteiger partial charge is 0.325 e. The van der Waals surface area contributed by atoms with E-state index in [0.717, 1.165) is 0 Å². The van der Waals surface area contributed by atoms with E-state index in [9.17, 15) is 19.2 Å². The van der Waals surface area contributed by atoms with Crippen molar-refractivity contribution in [2.45, 2.75) is 6.92 Å². The molecule has 28 heavy (non-hydrogen) atoms. The van der Waals surface area contributed by atoms with Crippen LogP contribution in [0.3, 0.4) is 0 Å². The van der Waals surface area contributed by atoms with Crippen molar-refractivity contribution in [2.24, 2.45) is 0 Å². The van der Waals surface area contributed by atoms with E-state index in [0.29, 0.717) is 17.9 Å². The van der Waals surface area contributed by atoms with Crippen molar-refractivity contribution in [1.29, 1.82) is 0 Å². The molecule has 3 N–H and O–H groups in total. The third kappa shape index (κ3) is 6.48. The van der Waals surface area contributed by atoms with Gasteiger partial charge in [-0.1, -0.05) is 0 Å². The Hall–Kier alpha value is -3.82. The fourth-order valence-corrected chi connectivity index (χ4v) is 1.95. The van der Waals surface area contributed by atoms with E-state index in [1.807, 2.05) is 6.92 Å². The molecule has 0 aliphatic rings. The van der Waals surface area contributed by atoms with Gasteiger partial charge in [0.2, 0.25) is 0 Å². The summed E-state index contributed by atoms with van der Waals surface area (Å²) in [7, 11) is 0. The van der Waals surface area contributed by atoms with Gasteiger partial charge in [0.15, 0.2) is 12.4 Å². The van der Waals surface area contributed by atoms with Crippen LogP contribution in [0.1, 0.15) is 27.8 Å². The Morgan fingerprint density at radius 3 is 2.39 bits per heavy atom. The number of benzene rings is 1. The number of carbonyl (C=O) groups excluding carboxylic acids is 4. The third-order valence-corrected chi connectivity index (χ3v) is 3.25. The molecular weight excluding hydrogens is 370 g/mol. The Morgan fingerprint density at radius 2 is 1.75 bits per heavy atom. The predicted octanol–water partition coefficient (Wildman–Crippen LogP) is 0.412. The van der Waals surface area contributed by atoms with Crippen molar-refractivity contribution in [3.63, 3.8) is 0 Å². The van der Waals surface area contributed by atoms with Crippen LogP contribution in [0, 0.1) is 0 Å². The summed E-state index contributed by atoms with van der Waals surface area (Å²) in [6, 6.07) is 9.31. The maximum Gasteiger partial charge on any atom is 0.325 e. The minimum atomic E-state index is -0.813. The van der Waals surface area contributed by atoms with Gasteiger partial charge in [-0.3, -0.25) is 30.0 Å². The van der Waals surface area contributed by atoms with Crippen molar-refractivity contribution in [3.05, 3.63) is 54.0 Å². The van der Waals surface area contributed by atoms with Gasteiger partial charge in [0.25, 0.3) is 11.8 Å². The molecule has 2 rings (SSSR count). The fourth-order valence-electron chi connectivity index (χ4n) is 1.95. The Labute approximate surface area is 160 Å². The highest BCUT2D eigenvalue weighted by molar-refractivity contribution is 5.96. The molecule has 1 aromatic heterocycles. The molecule has 0 spiro atoms. The summed E-state index contributed by atoms with van der Waals surface area (Å²) in [5, 5.41) is 2.37. The van der Waals surface area contributed by atoms with Crippen LogP contribution in [-0.4, -0.2) is 43.4 Å². The molecule has 0 atom stereocenters. The Bertz CT molecular complexity index is 816. The van der Waals surface area contributed by atoms with E-state index in [1.165, 1.54) is 18.4 Å². The van der Waals surface area contributed by atoms with Gasteiger partial charge in [0.05, 0.1) is 12.9 Å². The lowest BCUT2D eigenvalue weighted by atomic mass is 10.2. The second kappa shape index (κ2) is 10.4. The highest BCUT2D eigenvalue weighted by Gasteiger charge is 2.13. The Kier molecular flexibility index (Phi) is 7.58. The zero-order chi connectivity index (χ0) is 20.4. The quantitative estimate of drug-likeness (QED) is 0.439. The largest absolute Gasteiger partial charge is 0.494 e. The molecule has 0 fully saturated rings. The minimum absolute atomic E-state index is 0.00861. The molecule has 0 saturated heterocycles. The fraction of sp³-hybridized carbons (Fsp3) is 0.222. The van der Waals surface area contributed by atoms with Crippen LogP contribution in [0.25, 0.3) is 0 Å². The molecular formula is C18H19N3O7. The Morgan fingerprint density at radius 1 is 1.00 bits per heavy atom. The van der Waals surface area contributed by atoms with Crippen molar-refractivity contribution in [2.75, 3.05) is 19.8 Å². The summed E-state index contributed by atoms with van der Waals surface area (Å²) in [6.07, 6.45) is 1.31. The highest BCUT2D eigenvalue weighted by Crippen LogP contribution is 2.11. The average Bonchev–Trinajstić information content (AvgIpc) is 3.24. The lowest BCUT2D eigenvalue weighted by Crippen LogP contribution is -2.44. The maximum atomic E-state index is 12.0. The van der Waals surface area contributed by atoms with Gasteiger partial charge in [-0.15, -0.1) is 0 Å². The topological polar surface area (TPSA) is 136 Å². The van der Waals surface area contributed by atoms with Crippen molar-refractivity contribution >= 4 is 23.7 Å². The SMILES string of the molecule is CCOc1ccc(C(=O)NCC(=O)OCC(=O)NNC(=O)c2ccco2)cc1. The van der Waals surface area contributed by atoms with Gasteiger partial charge in [0.1, 0.15) is 12.3 Å². The lowest BCUT2D eigenvalue weighted by molar-refractivity contribution is -0.147. The normalized spacial score (nSPS) is 9.89. The van der Waals surface area contributed by atoms with Crippen molar-refractivity contribution < 1.29 is 33.1 Å². The number of amides is 3. The summed E-state index contributed by atoms with van der Waals surface area (Å²) < 4.78 is 14.8. The molecule has 3 amide bonds. The van der Waals surface area contributed by atoms with Gasteiger partial charge >= 0.3 is 11.9 Å². The molecule has 2 aromatic rings. The first-order chi connectivity index (χ1) is 13.5. The average molecular weight is 389 g/mol. The Balaban J connectivity index is 1.65. The first-order valence-electron chi connectivity index (χ1n) is 8.29.